The summed E-state index contributed by atoms with van der Waals surface area (Å²) in [6.07, 6.45) is 3.54. The molecule has 1 aliphatic rings. The first kappa shape index (κ1) is 10.8. The zero-order chi connectivity index (χ0) is 10.7. The number of Topliss-reactive ketones (excluding diaryl/α,β-unsaturated/α-hetero) is 1. The number of carbonyl (C=O) groups is 1. The highest BCUT2D eigenvalue weighted by atomic mass is 32.1. The Morgan fingerprint density at radius 3 is 2.93 bits per heavy atom. The van der Waals surface area contributed by atoms with E-state index >= 15 is 0 Å². The average Bonchev–Trinajstić information content (AvgIpc) is 2.94. The van der Waals surface area contributed by atoms with Gasteiger partial charge in [-0.05, 0) is 37.3 Å². The fourth-order valence-corrected chi connectivity index (χ4v) is 2.26. The van der Waals surface area contributed by atoms with Crippen LogP contribution in [0.5, 0.6) is 0 Å². The molecule has 2 rings (SSSR count). The zero-order valence-corrected chi connectivity index (χ0v) is 9.81. The van der Waals surface area contributed by atoms with E-state index in [1.54, 1.807) is 11.3 Å². The third kappa shape index (κ3) is 3.14. The molecular weight excluding hydrogens is 208 g/mol. The van der Waals surface area contributed by atoms with Crippen molar-refractivity contribution in [2.75, 3.05) is 13.2 Å². The Hall–Kier alpha value is -0.670. The Kier molecular flexibility index (Phi) is 3.54. The Morgan fingerprint density at radius 2 is 2.33 bits per heavy atom. The number of hydrogen-bond acceptors (Lipinski definition) is 3. The van der Waals surface area contributed by atoms with Crippen LogP contribution in [-0.4, -0.2) is 19.0 Å². The Labute approximate surface area is 94.3 Å². The Morgan fingerprint density at radius 1 is 1.53 bits per heavy atom. The summed E-state index contributed by atoms with van der Waals surface area (Å²) in [5.74, 6) is 0.854. The SMILES string of the molecule is CCc1ccc(C(=O)COCC2CC2)s1. The van der Waals surface area contributed by atoms with E-state index in [9.17, 15) is 4.79 Å². The minimum atomic E-state index is 0.125. The second kappa shape index (κ2) is 4.90. The van der Waals surface area contributed by atoms with Crippen molar-refractivity contribution in [3.63, 3.8) is 0 Å². The second-order valence-corrected chi connectivity index (χ2v) is 5.17. The number of ketones is 1. The number of rotatable bonds is 6. The lowest BCUT2D eigenvalue weighted by atomic mass is 10.3. The fraction of sp³-hybridized carbons (Fsp3) is 0.583. The van der Waals surface area contributed by atoms with Gasteiger partial charge in [-0.2, -0.15) is 0 Å². The molecule has 1 aromatic rings. The molecule has 1 heterocycles. The van der Waals surface area contributed by atoms with Gasteiger partial charge in [0.25, 0.3) is 0 Å². The van der Waals surface area contributed by atoms with Crippen LogP contribution in [0.1, 0.15) is 34.3 Å². The molecule has 1 fully saturated rings. The Bertz CT molecular complexity index is 339. The second-order valence-electron chi connectivity index (χ2n) is 4.00. The molecular formula is C12H16O2S. The highest BCUT2D eigenvalue weighted by molar-refractivity contribution is 7.14. The van der Waals surface area contributed by atoms with Crippen LogP contribution in [0.25, 0.3) is 0 Å². The third-order valence-electron chi connectivity index (χ3n) is 2.57. The summed E-state index contributed by atoms with van der Waals surface area (Å²) in [5.41, 5.74) is 0. The fourth-order valence-electron chi connectivity index (χ4n) is 1.39. The van der Waals surface area contributed by atoms with E-state index in [1.165, 1.54) is 17.7 Å². The average molecular weight is 224 g/mol. The van der Waals surface area contributed by atoms with E-state index in [2.05, 4.69) is 6.92 Å². The highest BCUT2D eigenvalue weighted by Crippen LogP contribution is 2.28. The van der Waals surface area contributed by atoms with E-state index in [0.29, 0.717) is 0 Å². The van der Waals surface area contributed by atoms with Crippen molar-refractivity contribution in [3.8, 4) is 0 Å². The molecule has 0 aromatic carbocycles. The zero-order valence-electron chi connectivity index (χ0n) is 8.99. The quantitative estimate of drug-likeness (QED) is 0.694. The number of thiophene rings is 1. The maximum absolute atomic E-state index is 11.7. The van der Waals surface area contributed by atoms with Crippen molar-refractivity contribution in [3.05, 3.63) is 21.9 Å². The maximum Gasteiger partial charge on any atom is 0.198 e. The van der Waals surface area contributed by atoms with Gasteiger partial charge in [-0.3, -0.25) is 4.79 Å². The van der Waals surface area contributed by atoms with Gasteiger partial charge in [0, 0.05) is 4.88 Å². The molecule has 0 amide bonds. The van der Waals surface area contributed by atoms with Crippen LogP contribution in [0, 0.1) is 5.92 Å². The largest absolute Gasteiger partial charge is 0.373 e. The molecule has 0 saturated heterocycles. The van der Waals surface area contributed by atoms with Crippen molar-refractivity contribution < 1.29 is 9.53 Å². The van der Waals surface area contributed by atoms with Gasteiger partial charge in [-0.25, -0.2) is 0 Å². The minimum Gasteiger partial charge on any atom is -0.373 e. The maximum atomic E-state index is 11.7. The minimum absolute atomic E-state index is 0.125. The first-order chi connectivity index (χ1) is 7.29. The van der Waals surface area contributed by atoms with E-state index in [4.69, 9.17) is 4.74 Å². The van der Waals surface area contributed by atoms with E-state index in [1.807, 2.05) is 12.1 Å². The van der Waals surface area contributed by atoms with E-state index in [0.717, 1.165) is 23.8 Å². The lowest BCUT2D eigenvalue weighted by Gasteiger charge is -2.00. The van der Waals surface area contributed by atoms with Gasteiger partial charge in [0.2, 0.25) is 0 Å². The molecule has 1 aliphatic carbocycles. The lowest BCUT2D eigenvalue weighted by Crippen LogP contribution is -2.09. The van der Waals surface area contributed by atoms with Crippen molar-refractivity contribution in [2.45, 2.75) is 26.2 Å². The summed E-state index contributed by atoms with van der Waals surface area (Å²) in [6.45, 7) is 3.11. The topological polar surface area (TPSA) is 26.3 Å². The van der Waals surface area contributed by atoms with Crippen LogP contribution in [-0.2, 0) is 11.2 Å². The van der Waals surface area contributed by atoms with Gasteiger partial charge in [0.15, 0.2) is 5.78 Å². The Balaban J connectivity index is 1.78. The molecule has 0 radical (unpaired) electrons. The van der Waals surface area contributed by atoms with Crippen LogP contribution in [0.4, 0.5) is 0 Å². The van der Waals surface area contributed by atoms with Crippen LogP contribution in [0.2, 0.25) is 0 Å². The molecule has 0 spiro atoms. The molecule has 3 heteroatoms. The molecule has 0 unspecified atom stereocenters. The summed E-state index contributed by atoms with van der Waals surface area (Å²) in [4.78, 5) is 13.8. The van der Waals surface area contributed by atoms with E-state index < -0.39 is 0 Å². The monoisotopic (exact) mass is 224 g/mol. The lowest BCUT2D eigenvalue weighted by molar-refractivity contribution is 0.0744. The van der Waals surface area contributed by atoms with Crippen LogP contribution < -0.4 is 0 Å². The summed E-state index contributed by atoms with van der Waals surface area (Å²) in [6, 6.07) is 3.94. The molecule has 0 aliphatic heterocycles. The summed E-state index contributed by atoms with van der Waals surface area (Å²) in [5, 5.41) is 0. The molecule has 15 heavy (non-hydrogen) atoms. The highest BCUT2D eigenvalue weighted by Gasteiger charge is 2.21. The summed E-state index contributed by atoms with van der Waals surface area (Å²) in [7, 11) is 0. The summed E-state index contributed by atoms with van der Waals surface area (Å²) >= 11 is 1.59. The van der Waals surface area contributed by atoms with Gasteiger partial charge >= 0.3 is 0 Å². The van der Waals surface area contributed by atoms with Crippen molar-refractivity contribution in [1.82, 2.24) is 0 Å². The third-order valence-corrected chi connectivity index (χ3v) is 3.84. The van der Waals surface area contributed by atoms with Gasteiger partial charge in [-0.1, -0.05) is 6.92 Å². The summed E-state index contributed by atoms with van der Waals surface area (Å²) < 4.78 is 5.37. The molecule has 1 aromatic heterocycles. The number of aryl methyl sites for hydroxylation is 1. The first-order valence-electron chi connectivity index (χ1n) is 5.49. The predicted octanol–water partition coefficient (Wildman–Crippen LogP) is 2.92. The molecule has 0 atom stereocenters. The molecule has 0 bridgehead atoms. The number of hydrogen-bond donors (Lipinski definition) is 0. The molecule has 0 N–H and O–H groups in total. The first-order valence-corrected chi connectivity index (χ1v) is 6.31. The van der Waals surface area contributed by atoms with Gasteiger partial charge in [0.05, 0.1) is 11.5 Å². The molecule has 82 valence electrons. The van der Waals surface area contributed by atoms with Crippen molar-refractivity contribution >= 4 is 17.1 Å². The van der Waals surface area contributed by atoms with Crippen LogP contribution in [0.3, 0.4) is 0 Å². The standard InChI is InChI=1S/C12H16O2S/c1-2-10-5-6-12(15-10)11(13)8-14-7-9-3-4-9/h5-6,9H,2-4,7-8H2,1H3. The predicted molar refractivity (Wildman–Crippen MR) is 61.6 cm³/mol. The van der Waals surface area contributed by atoms with Gasteiger partial charge in [-0.15, -0.1) is 11.3 Å². The smallest absolute Gasteiger partial charge is 0.198 e. The van der Waals surface area contributed by atoms with Crippen molar-refractivity contribution in [2.24, 2.45) is 5.92 Å². The number of carbonyl (C=O) groups excluding carboxylic acids is 1. The van der Waals surface area contributed by atoms with Crippen LogP contribution in [0.15, 0.2) is 12.1 Å². The van der Waals surface area contributed by atoms with E-state index in [-0.39, 0.29) is 12.4 Å². The van der Waals surface area contributed by atoms with Crippen molar-refractivity contribution in [1.29, 1.82) is 0 Å². The number of ether oxygens (including phenoxy) is 1. The van der Waals surface area contributed by atoms with Gasteiger partial charge in [0.1, 0.15) is 6.61 Å². The molecule has 2 nitrogen and oxygen atoms in total. The van der Waals surface area contributed by atoms with Gasteiger partial charge < -0.3 is 4.74 Å². The molecule has 1 saturated carbocycles. The van der Waals surface area contributed by atoms with Crippen LogP contribution >= 0.6 is 11.3 Å². The normalized spacial score (nSPS) is 15.5.